The van der Waals surface area contributed by atoms with E-state index in [0.717, 1.165) is 55.4 Å². The third-order valence-corrected chi connectivity index (χ3v) is 6.96. The minimum atomic E-state index is -4.56. The Bertz CT molecular complexity index is 901. The second-order valence-corrected chi connectivity index (χ2v) is 9.89. The van der Waals surface area contributed by atoms with Crippen molar-refractivity contribution in [3.05, 3.63) is 54.1 Å². The van der Waals surface area contributed by atoms with E-state index in [4.69, 9.17) is 9.47 Å². The van der Waals surface area contributed by atoms with Crippen LogP contribution in [0.2, 0.25) is 0 Å². The number of alkyl halides is 3. The van der Waals surface area contributed by atoms with Gasteiger partial charge in [-0.3, -0.25) is 0 Å². The number of halogens is 3. The monoisotopic (exact) mass is 504 g/mol. The zero-order valence-electron chi connectivity index (χ0n) is 21.3. The Morgan fingerprint density at radius 3 is 2.06 bits per heavy atom. The molecule has 0 bridgehead atoms. The SMILES string of the molecule is CCCCCCCCOc1ccc(-c2ccc(C(=O)OC(CC3CCCCC3)C(F)(F)F)cc2)cc1. The van der Waals surface area contributed by atoms with E-state index in [1.54, 1.807) is 12.1 Å². The molecule has 0 saturated heterocycles. The Labute approximate surface area is 213 Å². The van der Waals surface area contributed by atoms with Gasteiger partial charge in [-0.15, -0.1) is 0 Å². The zero-order valence-corrected chi connectivity index (χ0v) is 21.3. The molecule has 0 aliphatic heterocycles. The highest BCUT2D eigenvalue weighted by Gasteiger charge is 2.44. The van der Waals surface area contributed by atoms with E-state index in [1.807, 2.05) is 24.3 Å². The first-order valence-corrected chi connectivity index (χ1v) is 13.5. The summed E-state index contributed by atoms with van der Waals surface area (Å²) in [6.45, 7) is 2.91. The molecular weight excluding hydrogens is 465 g/mol. The molecule has 0 radical (unpaired) electrons. The fourth-order valence-corrected chi connectivity index (χ4v) is 4.79. The molecule has 1 aliphatic carbocycles. The summed E-state index contributed by atoms with van der Waals surface area (Å²) in [5, 5.41) is 0. The summed E-state index contributed by atoms with van der Waals surface area (Å²) in [6.07, 6.45) is 4.99. The number of hydrogen-bond acceptors (Lipinski definition) is 3. The highest BCUT2D eigenvalue weighted by atomic mass is 19.4. The maximum Gasteiger partial charge on any atom is 0.425 e. The van der Waals surface area contributed by atoms with Crippen molar-refractivity contribution in [3.8, 4) is 16.9 Å². The molecule has 6 heteroatoms. The van der Waals surface area contributed by atoms with Crippen LogP contribution in [0.5, 0.6) is 5.75 Å². The molecule has 198 valence electrons. The van der Waals surface area contributed by atoms with Gasteiger partial charge in [-0.05, 0) is 54.2 Å². The maximum atomic E-state index is 13.5. The van der Waals surface area contributed by atoms with Crippen molar-refractivity contribution < 1.29 is 27.4 Å². The van der Waals surface area contributed by atoms with Gasteiger partial charge in [0.2, 0.25) is 0 Å². The summed E-state index contributed by atoms with van der Waals surface area (Å²) in [5.41, 5.74) is 1.92. The molecule has 0 heterocycles. The first-order chi connectivity index (χ1) is 17.4. The summed E-state index contributed by atoms with van der Waals surface area (Å²) < 4.78 is 51.4. The normalized spacial score (nSPS) is 15.4. The van der Waals surface area contributed by atoms with Crippen LogP contribution in [0.4, 0.5) is 13.2 Å². The summed E-state index contributed by atoms with van der Waals surface area (Å²) in [4.78, 5) is 12.5. The van der Waals surface area contributed by atoms with Gasteiger partial charge in [-0.25, -0.2) is 4.79 Å². The molecule has 1 aliphatic rings. The van der Waals surface area contributed by atoms with Gasteiger partial charge in [0.25, 0.3) is 0 Å². The molecule has 2 aromatic carbocycles. The van der Waals surface area contributed by atoms with Crippen LogP contribution in [0.15, 0.2) is 48.5 Å². The van der Waals surface area contributed by atoms with Crippen molar-refractivity contribution in [1.82, 2.24) is 0 Å². The first-order valence-electron chi connectivity index (χ1n) is 13.5. The minimum Gasteiger partial charge on any atom is -0.494 e. The number of benzene rings is 2. The molecule has 1 unspecified atom stereocenters. The molecule has 3 nitrogen and oxygen atoms in total. The molecule has 3 rings (SSSR count). The maximum absolute atomic E-state index is 13.5. The van der Waals surface area contributed by atoms with Gasteiger partial charge in [0.1, 0.15) is 5.75 Å². The lowest BCUT2D eigenvalue weighted by atomic mass is 9.85. The predicted octanol–water partition coefficient (Wildman–Crippen LogP) is 9.15. The van der Waals surface area contributed by atoms with Gasteiger partial charge in [-0.2, -0.15) is 13.2 Å². The molecule has 2 aromatic rings. The lowest BCUT2D eigenvalue weighted by molar-refractivity contribution is -0.209. The van der Waals surface area contributed by atoms with Crippen molar-refractivity contribution in [2.45, 2.75) is 96.3 Å². The van der Waals surface area contributed by atoms with E-state index >= 15 is 0 Å². The number of unbranched alkanes of at least 4 members (excludes halogenated alkanes) is 5. The Kier molecular flexibility index (Phi) is 11.1. The number of hydrogen-bond donors (Lipinski definition) is 0. The molecule has 1 fully saturated rings. The molecule has 1 atom stereocenters. The van der Waals surface area contributed by atoms with E-state index in [0.29, 0.717) is 6.61 Å². The Balaban J connectivity index is 1.51. The van der Waals surface area contributed by atoms with E-state index < -0.39 is 18.2 Å². The van der Waals surface area contributed by atoms with Gasteiger partial charge in [0, 0.05) is 0 Å². The number of rotatable bonds is 13. The number of carbonyl (C=O) groups excluding carboxylic acids is 1. The van der Waals surface area contributed by atoms with Crippen molar-refractivity contribution >= 4 is 5.97 Å². The van der Waals surface area contributed by atoms with Crippen LogP contribution < -0.4 is 4.74 Å². The van der Waals surface area contributed by atoms with E-state index in [2.05, 4.69) is 6.92 Å². The molecule has 0 aromatic heterocycles. The third-order valence-electron chi connectivity index (χ3n) is 6.96. The van der Waals surface area contributed by atoms with E-state index in [9.17, 15) is 18.0 Å². The van der Waals surface area contributed by atoms with E-state index in [1.165, 1.54) is 44.2 Å². The molecule has 0 N–H and O–H groups in total. The van der Waals surface area contributed by atoms with Crippen LogP contribution in [-0.2, 0) is 4.74 Å². The smallest absolute Gasteiger partial charge is 0.425 e. The first kappa shape index (κ1) is 28.1. The third kappa shape index (κ3) is 9.18. The summed E-state index contributed by atoms with van der Waals surface area (Å²) in [6, 6.07) is 14.2. The van der Waals surface area contributed by atoms with Crippen LogP contribution in [0.1, 0.15) is 94.3 Å². The average Bonchev–Trinajstić information content (AvgIpc) is 2.88. The van der Waals surface area contributed by atoms with Gasteiger partial charge >= 0.3 is 12.1 Å². The van der Waals surface area contributed by atoms with Crippen LogP contribution in [0, 0.1) is 5.92 Å². The van der Waals surface area contributed by atoms with Crippen molar-refractivity contribution in [2.24, 2.45) is 5.92 Å². The van der Waals surface area contributed by atoms with Crippen molar-refractivity contribution in [1.29, 1.82) is 0 Å². The fraction of sp³-hybridized carbons (Fsp3) is 0.567. The van der Waals surface area contributed by atoms with Gasteiger partial charge in [0.05, 0.1) is 12.2 Å². The Morgan fingerprint density at radius 1 is 0.861 bits per heavy atom. The predicted molar refractivity (Wildman–Crippen MR) is 137 cm³/mol. The van der Waals surface area contributed by atoms with Crippen LogP contribution in [0.3, 0.4) is 0 Å². The van der Waals surface area contributed by atoms with Gasteiger partial charge in [-0.1, -0.05) is 95.4 Å². The fourth-order valence-electron chi connectivity index (χ4n) is 4.79. The zero-order chi connectivity index (χ0) is 25.8. The van der Waals surface area contributed by atoms with Gasteiger partial charge < -0.3 is 9.47 Å². The average molecular weight is 505 g/mol. The second kappa shape index (κ2) is 14.3. The second-order valence-electron chi connectivity index (χ2n) is 9.89. The van der Waals surface area contributed by atoms with Gasteiger partial charge in [0.15, 0.2) is 6.10 Å². The largest absolute Gasteiger partial charge is 0.494 e. The standard InChI is InChI=1S/C30H39F3O3/c1-2-3-4-5-6-10-21-35-27-19-17-25(18-20-27)24-13-15-26(16-14-24)29(34)36-28(30(31,32)33)22-23-11-8-7-9-12-23/h13-20,23,28H,2-12,21-22H2,1H3. The molecule has 0 spiro atoms. The highest BCUT2D eigenvalue weighted by Crippen LogP contribution is 2.34. The highest BCUT2D eigenvalue weighted by molar-refractivity contribution is 5.90. The molecule has 0 amide bonds. The molecule has 36 heavy (non-hydrogen) atoms. The number of carbonyl (C=O) groups is 1. The van der Waals surface area contributed by atoms with E-state index in [-0.39, 0.29) is 17.9 Å². The Morgan fingerprint density at radius 2 is 1.44 bits per heavy atom. The number of ether oxygens (including phenoxy) is 2. The van der Waals surface area contributed by atoms with Crippen molar-refractivity contribution in [3.63, 3.8) is 0 Å². The van der Waals surface area contributed by atoms with Crippen LogP contribution in [0.25, 0.3) is 11.1 Å². The molecule has 1 saturated carbocycles. The van der Waals surface area contributed by atoms with Crippen molar-refractivity contribution in [2.75, 3.05) is 6.61 Å². The summed E-state index contributed by atoms with van der Waals surface area (Å²) in [7, 11) is 0. The summed E-state index contributed by atoms with van der Waals surface area (Å²) in [5.74, 6) is -0.167. The lowest BCUT2D eigenvalue weighted by Crippen LogP contribution is -2.36. The molecular formula is C30H39F3O3. The van der Waals surface area contributed by atoms with Crippen LogP contribution >= 0.6 is 0 Å². The minimum absolute atomic E-state index is 0.0432. The Hall–Kier alpha value is -2.50. The number of esters is 1. The van der Waals surface area contributed by atoms with Crippen LogP contribution in [-0.4, -0.2) is 24.9 Å². The summed E-state index contributed by atoms with van der Waals surface area (Å²) >= 11 is 0. The quantitative estimate of drug-likeness (QED) is 0.201. The topological polar surface area (TPSA) is 35.5 Å². The lowest BCUT2D eigenvalue weighted by Gasteiger charge is -2.27.